The second-order valence-electron chi connectivity index (χ2n) is 9.84. The molecule has 0 spiro atoms. The quantitative estimate of drug-likeness (QED) is 0.134. The van der Waals surface area contributed by atoms with Gasteiger partial charge in [-0.1, -0.05) is 126 Å². The maximum Gasteiger partial charge on any atom is 0.415 e. The van der Waals surface area contributed by atoms with Crippen LogP contribution in [0.2, 0.25) is 0 Å². The Morgan fingerprint density at radius 3 is 0.727 bits per heavy atom. The number of carbonyl (C=O) groups excluding carboxylic acids is 3. The predicted octanol–water partition coefficient (Wildman–Crippen LogP) is 7.84. The first-order valence-electron chi connectivity index (χ1n) is 14.0. The number of carbonyl (C=O) groups is 3. The molecular weight excluding hydrogens is 563 g/mol. The van der Waals surface area contributed by atoms with Crippen molar-refractivity contribution in [2.24, 2.45) is 0 Å². The van der Waals surface area contributed by atoms with Crippen LogP contribution in [0.3, 0.4) is 0 Å². The van der Waals surface area contributed by atoms with Gasteiger partial charge in [-0.3, -0.25) is 14.4 Å². The van der Waals surface area contributed by atoms with Gasteiger partial charge in [-0.25, -0.2) is 0 Å². The van der Waals surface area contributed by atoms with Crippen LogP contribution in [0.5, 0.6) is 0 Å². The fourth-order valence-electron chi connectivity index (χ4n) is 4.50. The Bertz CT molecular complexity index is 1730. The summed E-state index contributed by atoms with van der Waals surface area (Å²) in [6, 6.07) is 50.4. The topological polar surface area (TPSA) is 68.3 Å². The van der Waals surface area contributed by atoms with Gasteiger partial charge in [0.25, 0.3) is 0 Å². The van der Waals surface area contributed by atoms with Crippen LogP contribution in [0.15, 0.2) is 170 Å². The largest absolute Gasteiger partial charge is 0.415 e. The molecule has 0 saturated carbocycles. The summed E-state index contributed by atoms with van der Waals surface area (Å²) in [7, 11) is -1.82. The van der Waals surface area contributed by atoms with Crippen molar-refractivity contribution >= 4 is 35.8 Å². The second-order valence-corrected chi connectivity index (χ2v) is 11.5. The summed E-state index contributed by atoms with van der Waals surface area (Å²) < 4.78 is 12.9. The van der Waals surface area contributed by atoms with Gasteiger partial charge in [0, 0.05) is 33.4 Å². The lowest BCUT2D eigenvalue weighted by Gasteiger charge is -2.01. The van der Waals surface area contributed by atoms with Gasteiger partial charge in [-0.15, -0.1) is 0 Å². The summed E-state index contributed by atoms with van der Waals surface area (Å²) >= 11 is 0. The monoisotopic (exact) mass is 591 g/mol. The molecule has 0 bridgehead atoms. The highest BCUT2D eigenvalue weighted by Crippen LogP contribution is 2.21. The first kappa shape index (κ1) is 29.9. The average molecular weight is 592 g/mol. The SMILES string of the molecule is O=C(c1ccccc1)c1ccc([P+](=O)c2ccc(C(=O)c3ccccc3)cc2)cc1.O=C(c1ccccc1)c1ccccc1. The van der Waals surface area contributed by atoms with E-state index in [1.165, 1.54) is 0 Å². The average Bonchev–Trinajstić information content (AvgIpc) is 3.12. The highest BCUT2D eigenvalue weighted by atomic mass is 31.1. The molecule has 0 saturated heterocycles. The molecule has 44 heavy (non-hydrogen) atoms. The minimum atomic E-state index is -1.82. The molecule has 5 heteroatoms. The van der Waals surface area contributed by atoms with Crippen molar-refractivity contribution in [1.82, 2.24) is 0 Å². The Morgan fingerprint density at radius 2 is 0.500 bits per heavy atom. The maximum atomic E-state index is 12.9. The molecule has 0 aliphatic carbocycles. The lowest BCUT2D eigenvalue weighted by molar-refractivity contribution is 0.103. The van der Waals surface area contributed by atoms with E-state index in [2.05, 4.69) is 0 Å². The van der Waals surface area contributed by atoms with E-state index >= 15 is 0 Å². The Morgan fingerprint density at radius 1 is 0.295 bits per heavy atom. The second kappa shape index (κ2) is 14.6. The molecule has 6 aromatic carbocycles. The third kappa shape index (κ3) is 7.43. The molecule has 0 aliphatic rings. The highest BCUT2D eigenvalue weighted by Gasteiger charge is 2.24. The van der Waals surface area contributed by atoms with Crippen LogP contribution in [0.4, 0.5) is 0 Å². The van der Waals surface area contributed by atoms with Crippen molar-refractivity contribution in [1.29, 1.82) is 0 Å². The molecule has 0 amide bonds. The van der Waals surface area contributed by atoms with Gasteiger partial charge < -0.3 is 0 Å². The summed E-state index contributed by atoms with van der Waals surface area (Å²) in [5.74, 6) is -0.0616. The Balaban J connectivity index is 0.000000229. The summed E-state index contributed by atoms with van der Waals surface area (Å²) in [6.45, 7) is 0. The minimum Gasteiger partial charge on any atom is -0.289 e. The van der Waals surface area contributed by atoms with Crippen LogP contribution in [0.1, 0.15) is 47.8 Å². The first-order valence-corrected chi connectivity index (χ1v) is 15.3. The Hall–Kier alpha value is -5.57. The van der Waals surface area contributed by atoms with Gasteiger partial charge in [0.1, 0.15) is 0 Å². The lowest BCUT2D eigenvalue weighted by Crippen LogP contribution is -2.09. The molecule has 0 fully saturated rings. The van der Waals surface area contributed by atoms with Crippen LogP contribution in [-0.4, -0.2) is 17.3 Å². The van der Waals surface area contributed by atoms with E-state index in [1.807, 2.05) is 97.1 Å². The highest BCUT2D eigenvalue weighted by molar-refractivity contribution is 7.61. The smallest absolute Gasteiger partial charge is 0.289 e. The van der Waals surface area contributed by atoms with Crippen molar-refractivity contribution in [2.45, 2.75) is 0 Å². The molecule has 0 unspecified atom stereocenters. The van der Waals surface area contributed by atoms with E-state index < -0.39 is 7.80 Å². The molecular formula is C39H28O4P+. The maximum absolute atomic E-state index is 12.9. The van der Waals surface area contributed by atoms with Gasteiger partial charge in [0.2, 0.25) is 0 Å². The minimum absolute atomic E-state index is 0.0684. The van der Waals surface area contributed by atoms with E-state index in [4.69, 9.17) is 0 Å². The third-order valence-electron chi connectivity index (χ3n) is 6.87. The zero-order chi connectivity index (χ0) is 30.7. The van der Waals surface area contributed by atoms with E-state index in [0.29, 0.717) is 32.9 Å². The molecule has 0 heterocycles. The summed E-state index contributed by atoms with van der Waals surface area (Å²) in [6.07, 6.45) is 0. The number of hydrogen-bond acceptors (Lipinski definition) is 4. The Kier molecular flexibility index (Phi) is 9.89. The molecule has 6 aromatic rings. The number of benzene rings is 6. The van der Waals surface area contributed by atoms with Crippen LogP contribution < -0.4 is 10.6 Å². The molecule has 0 atom stereocenters. The van der Waals surface area contributed by atoms with Crippen molar-refractivity contribution < 1.29 is 18.9 Å². The van der Waals surface area contributed by atoms with E-state index in [1.54, 1.807) is 72.8 Å². The predicted molar refractivity (Wildman–Crippen MR) is 176 cm³/mol. The molecule has 0 aliphatic heterocycles. The van der Waals surface area contributed by atoms with E-state index in [9.17, 15) is 18.9 Å². The molecule has 0 aromatic heterocycles. The van der Waals surface area contributed by atoms with Gasteiger partial charge in [0.15, 0.2) is 28.0 Å². The van der Waals surface area contributed by atoms with Crippen molar-refractivity contribution in [3.05, 3.63) is 203 Å². The first-order chi connectivity index (χ1) is 21.5. The molecule has 6 rings (SSSR count). The van der Waals surface area contributed by atoms with Crippen LogP contribution >= 0.6 is 7.80 Å². The van der Waals surface area contributed by atoms with Crippen LogP contribution in [0, 0.1) is 0 Å². The van der Waals surface area contributed by atoms with E-state index in [-0.39, 0.29) is 17.3 Å². The Labute approximate surface area is 257 Å². The van der Waals surface area contributed by atoms with Gasteiger partial charge in [-0.05, 0) is 48.5 Å². The fraction of sp³-hybridized carbons (Fsp3) is 0. The zero-order valence-electron chi connectivity index (χ0n) is 23.7. The van der Waals surface area contributed by atoms with Gasteiger partial charge in [0.05, 0.1) is 0 Å². The summed E-state index contributed by atoms with van der Waals surface area (Å²) in [4.78, 5) is 36.9. The number of rotatable bonds is 8. The van der Waals surface area contributed by atoms with Gasteiger partial charge >= 0.3 is 7.80 Å². The molecule has 212 valence electrons. The van der Waals surface area contributed by atoms with Crippen LogP contribution in [0.25, 0.3) is 0 Å². The molecule has 0 N–H and O–H groups in total. The summed E-state index contributed by atoms with van der Waals surface area (Å²) in [5, 5.41) is 1.27. The van der Waals surface area contributed by atoms with Gasteiger partial charge in [-0.2, -0.15) is 0 Å². The zero-order valence-corrected chi connectivity index (χ0v) is 24.6. The van der Waals surface area contributed by atoms with Crippen LogP contribution in [-0.2, 0) is 4.57 Å². The number of ketones is 3. The normalized spacial score (nSPS) is 10.2. The number of hydrogen-bond donors (Lipinski definition) is 0. The lowest BCUT2D eigenvalue weighted by atomic mass is 10.0. The van der Waals surface area contributed by atoms with E-state index in [0.717, 1.165) is 11.1 Å². The molecule has 0 radical (unpaired) electrons. The van der Waals surface area contributed by atoms with Crippen molar-refractivity contribution in [2.75, 3.05) is 0 Å². The third-order valence-corrected chi connectivity index (χ3v) is 8.41. The van der Waals surface area contributed by atoms with Crippen molar-refractivity contribution in [3.63, 3.8) is 0 Å². The molecule has 4 nitrogen and oxygen atoms in total. The standard InChI is InChI=1S/C26H18O3P.C13H10O/c27-25(19-7-3-1-4-8-19)21-11-15-23(16-12-21)30(29)24-17-13-22(14-18-24)26(28)20-9-5-2-6-10-20;14-13(11-7-3-1-4-8-11)12-9-5-2-6-10-12/h1-18H;1-10H/q+1;. The summed E-state index contributed by atoms with van der Waals surface area (Å²) in [5.41, 5.74) is 3.81. The van der Waals surface area contributed by atoms with Crippen molar-refractivity contribution in [3.8, 4) is 0 Å². The fourth-order valence-corrected chi connectivity index (χ4v) is 5.64.